The molecular formula is C10H11BrN2O2S. The van der Waals surface area contributed by atoms with E-state index in [1.807, 2.05) is 12.1 Å². The number of hydrogen-bond acceptors (Lipinski definition) is 4. The van der Waals surface area contributed by atoms with Crippen molar-refractivity contribution in [2.75, 3.05) is 5.75 Å². The van der Waals surface area contributed by atoms with Crippen LogP contribution in [0.3, 0.4) is 0 Å². The molecule has 1 aromatic carbocycles. The number of hydrogen-bond donors (Lipinski definition) is 1. The number of rotatable bonds is 2. The van der Waals surface area contributed by atoms with E-state index in [9.17, 15) is 10.1 Å². The Bertz CT molecular complexity index is 427. The minimum Gasteiger partial charge on any atom is -0.298 e. The highest BCUT2D eigenvalue weighted by Crippen LogP contribution is 2.38. The first-order valence-electron chi connectivity index (χ1n) is 4.89. The van der Waals surface area contributed by atoms with Crippen molar-refractivity contribution in [1.29, 1.82) is 0 Å². The number of thioether (sulfide) groups is 1. The molecule has 0 aliphatic carbocycles. The summed E-state index contributed by atoms with van der Waals surface area (Å²) < 4.78 is 0.735. The molecular weight excluding hydrogens is 292 g/mol. The maximum atomic E-state index is 11.0. The summed E-state index contributed by atoms with van der Waals surface area (Å²) in [5, 5.41) is 14.3. The van der Waals surface area contributed by atoms with Crippen LogP contribution >= 0.6 is 27.7 Å². The van der Waals surface area contributed by atoms with Gasteiger partial charge in [0.05, 0.1) is 15.9 Å². The third-order valence-electron chi connectivity index (χ3n) is 2.42. The van der Waals surface area contributed by atoms with Crippen molar-refractivity contribution in [3.8, 4) is 0 Å². The molecule has 6 heteroatoms. The van der Waals surface area contributed by atoms with Gasteiger partial charge in [0.25, 0.3) is 5.69 Å². The van der Waals surface area contributed by atoms with Crippen LogP contribution in [-0.2, 0) is 0 Å². The molecule has 0 aromatic heterocycles. The molecule has 1 aliphatic rings. The zero-order valence-corrected chi connectivity index (χ0v) is 11.0. The predicted octanol–water partition coefficient (Wildman–Crippen LogP) is 3.08. The Balaban J connectivity index is 2.36. The van der Waals surface area contributed by atoms with E-state index in [1.165, 1.54) is 0 Å². The summed E-state index contributed by atoms with van der Waals surface area (Å²) in [6.07, 6.45) is 0. The largest absolute Gasteiger partial charge is 0.298 e. The van der Waals surface area contributed by atoms with Crippen molar-refractivity contribution in [2.45, 2.75) is 18.3 Å². The molecule has 0 amide bonds. The van der Waals surface area contributed by atoms with Crippen LogP contribution in [0.5, 0.6) is 0 Å². The molecule has 0 bridgehead atoms. The summed E-state index contributed by atoms with van der Waals surface area (Å²) >= 11 is 4.96. The zero-order chi connectivity index (χ0) is 11.7. The molecule has 1 aliphatic heterocycles. The van der Waals surface area contributed by atoms with Gasteiger partial charge in [-0.25, -0.2) is 0 Å². The monoisotopic (exact) mass is 302 g/mol. The van der Waals surface area contributed by atoms with Gasteiger partial charge in [-0.2, -0.15) is 0 Å². The first-order valence-corrected chi connectivity index (χ1v) is 6.73. The Morgan fingerprint density at radius 1 is 1.62 bits per heavy atom. The van der Waals surface area contributed by atoms with E-state index in [1.54, 1.807) is 17.8 Å². The Morgan fingerprint density at radius 2 is 2.38 bits per heavy atom. The second-order valence-electron chi connectivity index (χ2n) is 3.74. The molecule has 0 spiro atoms. The topological polar surface area (TPSA) is 55.2 Å². The van der Waals surface area contributed by atoms with Gasteiger partial charge in [-0.15, -0.1) is 11.8 Å². The molecule has 1 fully saturated rings. The molecule has 1 heterocycles. The molecule has 1 N–H and O–H groups in total. The highest BCUT2D eigenvalue weighted by molar-refractivity contribution is 9.10. The van der Waals surface area contributed by atoms with Gasteiger partial charge in [0.2, 0.25) is 0 Å². The van der Waals surface area contributed by atoms with Gasteiger partial charge in [-0.05, 0) is 19.1 Å². The Hall–Kier alpha value is -0.590. The smallest absolute Gasteiger partial charge is 0.276 e. The number of nitrogens with one attached hydrogen (secondary N) is 1. The lowest BCUT2D eigenvalue weighted by Crippen LogP contribution is -2.22. The van der Waals surface area contributed by atoms with Crippen molar-refractivity contribution in [1.82, 2.24) is 5.32 Å². The number of nitro groups is 1. The Morgan fingerprint density at radius 3 is 2.94 bits per heavy atom. The van der Waals surface area contributed by atoms with Crippen LogP contribution in [-0.4, -0.2) is 16.7 Å². The van der Waals surface area contributed by atoms with Gasteiger partial charge in [0.15, 0.2) is 0 Å². The van der Waals surface area contributed by atoms with Gasteiger partial charge in [0, 0.05) is 22.3 Å². The van der Waals surface area contributed by atoms with Crippen molar-refractivity contribution in [2.24, 2.45) is 0 Å². The molecule has 1 aromatic rings. The number of nitro benzene ring substituents is 1. The van der Waals surface area contributed by atoms with Crippen LogP contribution in [0.15, 0.2) is 22.7 Å². The third kappa shape index (κ3) is 2.39. The van der Waals surface area contributed by atoms with Crippen LogP contribution in [0, 0.1) is 10.1 Å². The van der Waals surface area contributed by atoms with Crippen molar-refractivity contribution in [3.63, 3.8) is 0 Å². The fourth-order valence-electron chi connectivity index (χ4n) is 1.67. The third-order valence-corrected chi connectivity index (χ3v) is 4.33. The SMILES string of the molecule is CC1CSC(c2ccc(Br)cc2[N+](=O)[O-])N1. The fraction of sp³-hybridized carbons (Fsp3) is 0.400. The summed E-state index contributed by atoms with van der Waals surface area (Å²) in [6.45, 7) is 2.08. The fourth-order valence-corrected chi connectivity index (χ4v) is 3.31. The van der Waals surface area contributed by atoms with E-state index in [0.29, 0.717) is 6.04 Å². The molecule has 86 valence electrons. The number of nitrogens with zero attached hydrogens (tertiary/aromatic N) is 1. The lowest BCUT2D eigenvalue weighted by atomic mass is 10.1. The molecule has 16 heavy (non-hydrogen) atoms. The highest BCUT2D eigenvalue weighted by Gasteiger charge is 2.28. The molecule has 0 radical (unpaired) electrons. The highest BCUT2D eigenvalue weighted by atomic mass is 79.9. The summed E-state index contributed by atoms with van der Waals surface area (Å²) in [4.78, 5) is 10.6. The van der Waals surface area contributed by atoms with Gasteiger partial charge in [0.1, 0.15) is 0 Å². The average molecular weight is 303 g/mol. The van der Waals surface area contributed by atoms with Crippen molar-refractivity contribution >= 4 is 33.4 Å². The van der Waals surface area contributed by atoms with Gasteiger partial charge < -0.3 is 0 Å². The van der Waals surface area contributed by atoms with E-state index in [0.717, 1.165) is 15.8 Å². The Labute approximate surface area is 106 Å². The predicted molar refractivity (Wildman–Crippen MR) is 68.6 cm³/mol. The zero-order valence-electron chi connectivity index (χ0n) is 8.64. The van der Waals surface area contributed by atoms with Crippen molar-refractivity contribution in [3.05, 3.63) is 38.3 Å². The minimum atomic E-state index is -0.328. The summed E-state index contributed by atoms with van der Waals surface area (Å²) in [5.41, 5.74) is 0.927. The van der Waals surface area contributed by atoms with Gasteiger partial charge >= 0.3 is 0 Å². The van der Waals surface area contributed by atoms with E-state index < -0.39 is 0 Å². The number of halogens is 1. The minimum absolute atomic E-state index is 0.0310. The molecule has 1 saturated heterocycles. The van der Waals surface area contributed by atoms with E-state index in [-0.39, 0.29) is 16.0 Å². The Kier molecular flexibility index (Phi) is 3.51. The van der Waals surface area contributed by atoms with Crippen LogP contribution in [0.25, 0.3) is 0 Å². The van der Waals surface area contributed by atoms with Crippen LogP contribution in [0.1, 0.15) is 17.9 Å². The van der Waals surface area contributed by atoms with Gasteiger partial charge in [-0.1, -0.05) is 15.9 Å². The first-order chi connectivity index (χ1) is 7.58. The lowest BCUT2D eigenvalue weighted by molar-refractivity contribution is -0.385. The van der Waals surface area contributed by atoms with Crippen LogP contribution in [0.2, 0.25) is 0 Å². The van der Waals surface area contributed by atoms with E-state index >= 15 is 0 Å². The van der Waals surface area contributed by atoms with Crippen LogP contribution < -0.4 is 5.32 Å². The van der Waals surface area contributed by atoms with Gasteiger partial charge in [-0.3, -0.25) is 15.4 Å². The second kappa shape index (κ2) is 4.73. The quantitative estimate of drug-likeness (QED) is 0.674. The summed E-state index contributed by atoms with van der Waals surface area (Å²) in [7, 11) is 0. The normalized spacial score (nSPS) is 24.6. The molecule has 4 nitrogen and oxygen atoms in total. The van der Waals surface area contributed by atoms with Crippen molar-refractivity contribution < 1.29 is 4.92 Å². The summed E-state index contributed by atoms with van der Waals surface area (Å²) in [6, 6.07) is 5.61. The summed E-state index contributed by atoms with van der Waals surface area (Å²) in [5.74, 6) is 0.984. The maximum Gasteiger partial charge on any atom is 0.276 e. The molecule has 2 unspecified atom stereocenters. The molecule has 2 rings (SSSR count). The standard InChI is InChI=1S/C10H11BrN2O2S/c1-6-5-16-10(12-6)8-3-2-7(11)4-9(8)13(14)15/h2-4,6,10,12H,5H2,1H3. The average Bonchev–Trinajstić information content (AvgIpc) is 2.64. The van der Waals surface area contributed by atoms with Crippen LogP contribution in [0.4, 0.5) is 5.69 Å². The van der Waals surface area contributed by atoms with E-state index in [2.05, 4.69) is 28.2 Å². The first kappa shape index (κ1) is 11.9. The molecule has 0 saturated carbocycles. The number of benzene rings is 1. The van der Waals surface area contributed by atoms with E-state index in [4.69, 9.17) is 0 Å². The molecule has 2 atom stereocenters. The second-order valence-corrected chi connectivity index (χ2v) is 5.80. The lowest BCUT2D eigenvalue weighted by Gasteiger charge is -2.11. The maximum absolute atomic E-state index is 11.0.